The second kappa shape index (κ2) is 8.91. The Bertz CT molecular complexity index is 870. The number of hydrogen-bond acceptors (Lipinski definition) is 3. The number of nitrogens with one attached hydrogen (secondary N) is 1. The molecule has 0 spiro atoms. The molecule has 5 nitrogen and oxygen atoms in total. The van der Waals surface area contributed by atoms with Crippen LogP contribution in [0.15, 0.2) is 16.2 Å². The fraction of sp³-hybridized carbons (Fsp3) is 0.650. The predicted molar refractivity (Wildman–Crippen MR) is 111 cm³/mol. The summed E-state index contributed by atoms with van der Waals surface area (Å²) in [5, 5.41) is 7.28. The Labute approximate surface area is 183 Å². The van der Waals surface area contributed by atoms with Crippen LogP contribution in [0.1, 0.15) is 50.9 Å². The number of allylic oxidation sites excluding steroid dienone is 1. The Morgan fingerprint density at radius 1 is 1.23 bits per heavy atom. The number of aromatic nitrogens is 2. The van der Waals surface area contributed by atoms with Crippen molar-refractivity contribution in [2.45, 2.75) is 65.2 Å². The van der Waals surface area contributed by atoms with Gasteiger partial charge in [-0.1, -0.05) is 30.1 Å². The molecule has 0 aromatic carbocycles. The number of alkyl halides is 3. The summed E-state index contributed by atoms with van der Waals surface area (Å²) in [6.45, 7) is 5.34. The van der Waals surface area contributed by atoms with Crippen molar-refractivity contribution in [2.24, 2.45) is 22.7 Å². The molecule has 1 aromatic rings. The van der Waals surface area contributed by atoms with Crippen molar-refractivity contribution < 1.29 is 18.0 Å². The molecule has 0 saturated heterocycles. The van der Waals surface area contributed by atoms with Crippen molar-refractivity contribution in [3.05, 3.63) is 27.6 Å². The van der Waals surface area contributed by atoms with Crippen LogP contribution in [0.25, 0.3) is 0 Å². The first-order valence-electron chi connectivity index (χ1n) is 9.99. The van der Waals surface area contributed by atoms with E-state index in [-0.39, 0.29) is 41.0 Å². The van der Waals surface area contributed by atoms with Crippen LogP contribution in [0, 0.1) is 24.7 Å². The van der Waals surface area contributed by atoms with Gasteiger partial charge in [-0.2, -0.15) is 18.3 Å². The van der Waals surface area contributed by atoms with E-state index in [0.717, 1.165) is 10.4 Å². The average molecular weight is 465 g/mol. The van der Waals surface area contributed by atoms with E-state index in [1.54, 1.807) is 6.20 Å². The third kappa shape index (κ3) is 4.85. The lowest BCUT2D eigenvalue weighted by Crippen LogP contribution is -2.45. The van der Waals surface area contributed by atoms with E-state index < -0.39 is 17.8 Å². The zero-order valence-electron chi connectivity index (χ0n) is 17.1. The van der Waals surface area contributed by atoms with Gasteiger partial charge in [0.25, 0.3) is 0 Å². The summed E-state index contributed by atoms with van der Waals surface area (Å²) in [6, 6.07) is -0.0107. The van der Waals surface area contributed by atoms with E-state index >= 15 is 0 Å². The first-order valence-corrected chi connectivity index (χ1v) is 10.7. The normalized spacial score (nSPS) is 27.5. The average Bonchev–Trinajstić information content (AvgIpc) is 2.94. The first-order chi connectivity index (χ1) is 14.0. The van der Waals surface area contributed by atoms with E-state index in [0.29, 0.717) is 30.7 Å². The number of carbonyl (C=O) groups is 1. The Kier molecular flexibility index (Phi) is 6.87. The summed E-state index contributed by atoms with van der Waals surface area (Å²) in [4.78, 5) is 17.0. The minimum Gasteiger partial charge on any atom is -0.353 e. The van der Waals surface area contributed by atoms with Gasteiger partial charge in [0, 0.05) is 35.4 Å². The summed E-state index contributed by atoms with van der Waals surface area (Å²) in [7, 11) is 0. The molecule has 1 aromatic heterocycles. The maximum atomic E-state index is 13.3. The highest BCUT2D eigenvalue weighted by molar-refractivity contribution is 6.32. The van der Waals surface area contributed by atoms with Crippen molar-refractivity contribution in [3.8, 4) is 0 Å². The van der Waals surface area contributed by atoms with E-state index in [9.17, 15) is 18.0 Å². The molecule has 1 amide bonds. The van der Waals surface area contributed by atoms with Gasteiger partial charge in [-0.25, -0.2) is 0 Å². The van der Waals surface area contributed by atoms with Crippen LogP contribution < -0.4 is 5.32 Å². The van der Waals surface area contributed by atoms with E-state index in [2.05, 4.69) is 15.4 Å². The number of rotatable bonds is 4. The summed E-state index contributed by atoms with van der Waals surface area (Å²) >= 11 is 12.0. The predicted octanol–water partition coefficient (Wildman–Crippen LogP) is 5.35. The van der Waals surface area contributed by atoms with Gasteiger partial charge in [-0.3, -0.25) is 14.5 Å². The van der Waals surface area contributed by atoms with Crippen molar-refractivity contribution in [1.82, 2.24) is 15.1 Å². The lowest BCUT2D eigenvalue weighted by Gasteiger charge is -2.32. The fourth-order valence-corrected chi connectivity index (χ4v) is 4.70. The van der Waals surface area contributed by atoms with Crippen LogP contribution in [-0.2, 0) is 17.5 Å². The van der Waals surface area contributed by atoms with Crippen LogP contribution in [-0.4, -0.2) is 27.4 Å². The lowest BCUT2D eigenvalue weighted by molar-refractivity contribution is -0.144. The molecular weight excluding hydrogens is 440 g/mol. The molecular formula is C20H25Cl2F3N4O. The molecule has 166 valence electrons. The molecule has 2 unspecified atom stereocenters. The Hall–Kier alpha value is -1.54. The van der Waals surface area contributed by atoms with Crippen LogP contribution >= 0.6 is 23.2 Å². The molecule has 1 saturated carbocycles. The van der Waals surface area contributed by atoms with Gasteiger partial charge in [-0.05, 0) is 45.4 Å². The van der Waals surface area contributed by atoms with Gasteiger partial charge < -0.3 is 5.32 Å². The first kappa shape index (κ1) is 23.1. The Morgan fingerprint density at radius 2 is 1.87 bits per heavy atom. The molecule has 2 heterocycles. The molecule has 0 bridgehead atoms. The van der Waals surface area contributed by atoms with E-state index in [1.165, 1.54) is 6.92 Å². The monoisotopic (exact) mass is 464 g/mol. The number of aliphatic imine (C=N–C) groups is 1. The maximum Gasteiger partial charge on any atom is 0.434 e. The van der Waals surface area contributed by atoms with Crippen molar-refractivity contribution in [2.75, 3.05) is 0 Å². The molecule has 1 N–H and O–H groups in total. The van der Waals surface area contributed by atoms with Crippen LogP contribution in [0.5, 0.6) is 0 Å². The quantitative estimate of drug-likeness (QED) is 0.652. The molecule has 30 heavy (non-hydrogen) atoms. The molecule has 2 atom stereocenters. The largest absolute Gasteiger partial charge is 0.434 e. The third-order valence-electron chi connectivity index (χ3n) is 6.01. The van der Waals surface area contributed by atoms with E-state index in [1.807, 2.05) is 13.8 Å². The van der Waals surface area contributed by atoms with Crippen molar-refractivity contribution >= 4 is 34.8 Å². The maximum absolute atomic E-state index is 13.3. The number of halogens is 5. The van der Waals surface area contributed by atoms with Gasteiger partial charge in [-0.15, -0.1) is 0 Å². The van der Waals surface area contributed by atoms with Crippen LogP contribution in [0.4, 0.5) is 13.2 Å². The Morgan fingerprint density at radius 3 is 2.47 bits per heavy atom. The number of nitrogens with zero attached hydrogens (tertiary/aromatic N) is 3. The molecule has 0 radical (unpaired) electrons. The molecule has 1 fully saturated rings. The third-order valence-corrected chi connectivity index (χ3v) is 6.90. The highest BCUT2D eigenvalue weighted by Gasteiger charge is 2.40. The summed E-state index contributed by atoms with van der Waals surface area (Å²) in [5.74, 6) is -0.589. The smallest absolute Gasteiger partial charge is 0.353 e. The summed E-state index contributed by atoms with van der Waals surface area (Å²) in [5.41, 5.74) is 0.0167. The summed E-state index contributed by atoms with van der Waals surface area (Å²) < 4.78 is 41.0. The zero-order chi connectivity index (χ0) is 22.2. The zero-order valence-corrected chi connectivity index (χ0v) is 18.6. The van der Waals surface area contributed by atoms with E-state index in [4.69, 9.17) is 23.2 Å². The molecule has 2 aliphatic rings. The van der Waals surface area contributed by atoms with Crippen molar-refractivity contribution in [1.29, 1.82) is 0 Å². The van der Waals surface area contributed by atoms with Gasteiger partial charge in [0.1, 0.15) is 0 Å². The second-order valence-corrected chi connectivity index (χ2v) is 9.02. The Balaban J connectivity index is 1.57. The number of aryl methyl sites for hydroxylation is 1. The van der Waals surface area contributed by atoms with Crippen LogP contribution in [0.3, 0.4) is 0 Å². The number of hydrogen-bond donors (Lipinski definition) is 1. The molecule has 1 aliphatic heterocycles. The van der Waals surface area contributed by atoms with Crippen molar-refractivity contribution in [3.63, 3.8) is 0 Å². The SMILES string of the molecule is CC1=NC=C(Cl)C(C)C1C(=O)NC1CCC(Cn2nc(C)c(Cl)c2C(F)(F)F)CC1. The standard InChI is InChI=1S/C20H25Cl2F3N4O/c1-10-15(21)8-26-11(2)16(10)19(30)27-14-6-4-13(5-7-14)9-29-18(20(23,24)25)17(22)12(3)28-29/h8,10,13-14,16H,4-7,9H2,1-3H3,(H,27,30). The summed E-state index contributed by atoms with van der Waals surface area (Å²) in [6.07, 6.45) is -0.164. The number of amides is 1. The van der Waals surface area contributed by atoms with Gasteiger partial charge in [0.05, 0.1) is 16.6 Å². The molecule has 3 rings (SSSR count). The highest BCUT2D eigenvalue weighted by Crippen LogP contribution is 2.37. The molecule has 1 aliphatic carbocycles. The van der Waals surface area contributed by atoms with Gasteiger partial charge in [0.2, 0.25) is 5.91 Å². The van der Waals surface area contributed by atoms with Crippen LogP contribution in [0.2, 0.25) is 5.02 Å². The second-order valence-electron chi connectivity index (χ2n) is 8.20. The minimum absolute atomic E-state index is 0.0107. The minimum atomic E-state index is -4.55. The number of carbonyl (C=O) groups excluding carboxylic acids is 1. The molecule has 10 heteroatoms. The lowest BCUT2D eigenvalue weighted by atomic mass is 9.84. The van der Waals surface area contributed by atoms with Gasteiger partial charge >= 0.3 is 6.18 Å². The van der Waals surface area contributed by atoms with Gasteiger partial charge in [0.15, 0.2) is 5.69 Å². The fourth-order valence-electron chi connectivity index (χ4n) is 4.29. The highest BCUT2D eigenvalue weighted by atomic mass is 35.5. The topological polar surface area (TPSA) is 59.3 Å².